The molecule has 8 heteroatoms. The molecule has 1 fully saturated rings. The van der Waals surface area contributed by atoms with Crippen molar-refractivity contribution in [1.29, 1.82) is 0 Å². The van der Waals surface area contributed by atoms with Crippen molar-refractivity contribution in [3.05, 3.63) is 29.3 Å². The molecule has 2 rings (SSSR count). The van der Waals surface area contributed by atoms with E-state index in [9.17, 15) is 22.0 Å². The van der Waals surface area contributed by atoms with Gasteiger partial charge in [-0.05, 0) is 6.07 Å². The number of hydrogen-bond donors (Lipinski definition) is 2. The van der Waals surface area contributed by atoms with Gasteiger partial charge < -0.3 is 10.6 Å². The van der Waals surface area contributed by atoms with Crippen LogP contribution in [0.25, 0.3) is 0 Å². The van der Waals surface area contributed by atoms with Gasteiger partial charge in [-0.3, -0.25) is 4.39 Å². The van der Waals surface area contributed by atoms with Gasteiger partial charge >= 0.3 is 0 Å². The third kappa shape index (κ3) is 3.81. The summed E-state index contributed by atoms with van der Waals surface area (Å²) in [5.41, 5.74) is -0.195. The Morgan fingerprint density at radius 3 is 2.48 bits per heavy atom. The van der Waals surface area contributed by atoms with Gasteiger partial charge in [0.05, 0.1) is 12.2 Å². The first-order valence-corrected chi connectivity index (χ1v) is 6.47. The van der Waals surface area contributed by atoms with Gasteiger partial charge in [0, 0.05) is 37.2 Å². The van der Waals surface area contributed by atoms with Crippen molar-refractivity contribution in [2.45, 2.75) is 24.8 Å². The molecule has 0 amide bonds. The summed E-state index contributed by atoms with van der Waals surface area (Å²) in [6.07, 6.45) is -0.441. The summed E-state index contributed by atoms with van der Waals surface area (Å²) in [6.45, 7) is 0. The third-order valence-electron chi connectivity index (χ3n) is 3.07. The Morgan fingerprint density at radius 1 is 1.29 bits per heavy atom. The van der Waals surface area contributed by atoms with Crippen molar-refractivity contribution in [2.24, 2.45) is 0 Å². The standard InChI is InChI=1S/C12H12F4N2S.CH3F/c1-17-6-4-7(10(14)8(13)5-6)11-12(15,16)3-2-9(19)18-11;1-2/h4-5,11,17H,2-3H2,1H3,(H,18,19);1H3. The van der Waals surface area contributed by atoms with Crippen LogP contribution in [0, 0.1) is 11.6 Å². The second-order valence-corrected chi connectivity index (χ2v) is 4.87. The second kappa shape index (κ2) is 7.02. The molecule has 118 valence electrons. The summed E-state index contributed by atoms with van der Waals surface area (Å²) in [5, 5.41) is 4.99. The fourth-order valence-corrected chi connectivity index (χ4v) is 2.25. The highest BCUT2D eigenvalue weighted by Crippen LogP contribution is 2.40. The van der Waals surface area contributed by atoms with Crippen LogP contribution in [0.15, 0.2) is 12.1 Å². The molecule has 21 heavy (non-hydrogen) atoms. The van der Waals surface area contributed by atoms with E-state index in [2.05, 4.69) is 10.6 Å². The minimum absolute atomic E-state index is 0.0364. The second-order valence-electron chi connectivity index (χ2n) is 4.37. The zero-order valence-electron chi connectivity index (χ0n) is 11.4. The Morgan fingerprint density at radius 2 is 1.90 bits per heavy atom. The molecule has 1 saturated heterocycles. The Hall–Kier alpha value is -1.44. The number of hydrogen-bond acceptors (Lipinski definition) is 2. The quantitative estimate of drug-likeness (QED) is 0.635. The summed E-state index contributed by atoms with van der Waals surface area (Å²) in [6, 6.07) is 0.437. The highest BCUT2D eigenvalue weighted by Gasteiger charge is 2.45. The first-order chi connectivity index (χ1) is 9.85. The normalized spacial score (nSPS) is 20.1. The van der Waals surface area contributed by atoms with E-state index in [1.54, 1.807) is 0 Å². The molecule has 1 aromatic rings. The molecule has 0 saturated carbocycles. The number of alkyl halides is 3. The zero-order valence-corrected chi connectivity index (χ0v) is 12.3. The van der Waals surface area contributed by atoms with Crippen molar-refractivity contribution in [3.63, 3.8) is 0 Å². The lowest BCUT2D eigenvalue weighted by molar-refractivity contribution is -0.0466. The first-order valence-electron chi connectivity index (χ1n) is 6.07. The van der Waals surface area contributed by atoms with Crippen molar-refractivity contribution in [2.75, 3.05) is 19.5 Å². The summed E-state index contributed by atoms with van der Waals surface area (Å²) >= 11 is 4.85. The number of nitrogens with one attached hydrogen (secondary N) is 2. The molecule has 0 radical (unpaired) electrons. The molecule has 0 spiro atoms. The van der Waals surface area contributed by atoms with Crippen LogP contribution in [-0.4, -0.2) is 25.1 Å². The van der Waals surface area contributed by atoms with E-state index in [0.717, 1.165) is 12.1 Å². The average molecular weight is 326 g/mol. The van der Waals surface area contributed by atoms with Gasteiger partial charge in [-0.25, -0.2) is 17.6 Å². The van der Waals surface area contributed by atoms with Crippen LogP contribution in [0.2, 0.25) is 0 Å². The zero-order chi connectivity index (χ0) is 16.2. The van der Waals surface area contributed by atoms with Crippen molar-refractivity contribution >= 4 is 22.9 Å². The van der Waals surface area contributed by atoms with E-state index in [1.807, 2.05) is 0 Å². The molecule has 0 aromatic heterocycles. The smallest absolute Gasteiger partial charge is 0.272 e. The summed E-state index contributed by atoms with van der Waals surface area (Å²) in [5.74, 6) is -5.63. The number of benzene rings is 1. The van der Waals surface area contributed by atoms with E-state index >= 15 is 0 Å². The maximum absolute atomic E-state index is 13.8. The predicted octanol–water partition coefficient (Wildman–Crippen LogP) is 3.98. The van der Waals surface area contributed by atoms with Gasteiger partial charge in [0.1, 0.15) is 6.04 Å². The monoisotopic (exact) mass is 326 g/mol. The van der Waals surface area contributed by atoms with Crippen LogP contribution >= 0.6 is 12.2 Å². The summed E-state index contributed by atoms with van der Waals surface area (Å²) in [4.78, 5) is 0.227. The van der Waals surface area contributed by atoms with Crippen LogP contribution < -0.4 is 10.6 Å². The number of halogens is 5. The van der Waals surface area contributed by atoms with E-state index in [0.29, 0.717) is 7.18 Å². The van der Waals surface area contributed by atoms with Crippen molar-refractivity contribution in [1.82, 2.24) is 5.32 Å². The van der Waals surface area contributed by atoms with Gasteiger partial charge in [-0.2, -0.15) is 0 Å². The van der Waals surface area contributed by atoms with Gasteiger partial charge in [0.2, 0.25) is 0 Å². The Labute approximate surface area is 124 Å². The number of thiocarbonyl (C=S) groups is 1. The lowest BCUT2D eigenvalue weighted by atomic mass is 9.92. The van der Waals surface area contributed by atoms with Crippen LogP contribution in [0.1, 0.15) is 24.4 Å². The molecule has 1 aliphatic heterocycles. The van der Waals surface area contributed by atoms with Crippen LogP contribution in [0.3, 0.4) is 0 Å². The number of piperidine rings is 1. The molecule has 1 aromatic carbocycles. The Bertz CT molecular complexity index is 522. The van der Waals surface area contributed by atoms with E-state index < -0.39 is 35.6 Å². The van der Waals surface area contributed by atoms with E-state index in [1.165, 1.54) is 7.05 Å². The molecular weight excluding hydrogens is 311 g/mol. The molecule has 0 bridgehead atoms. The molecule has 1 unspecified atom stereocenters. The maximum Gasteiger partial charge on any atom is 0.272 e. The van der Waals surface area contributed by atoms with Crippen LogP contribution in [0.4, 0.5) is 27.6 Å². The summed E-state index contributed by atoms with van der Waals surface area (Å²) in [7, 11) is 1.99. The Balaban J connectivity index is 0.00000106. The minimum Gasteiger partial charge on any atom is -0.388 e. The number of rotatable bonds is 2. The third-order valence-corrected chi connectivity index (χ3v) is 3.39. The van der Waals surface area contributed by atoms with Gasteiger partial charge in [0.15, 0.2) is 11.6 Å². The lowest BCUT2D eigenvalue weighted by Crippen LogP contribution is -2.45. The lowest BCUT2D eigenvalue weighted by Gasteiger charge is -2.34. The first kappa shape index (κ1) is 17.6. The average Bonchev–Trinajstić information content (AvgIpc) is 2.47. The topological polar surface area (TPSA) is 24.1 Å². The van der Waals surface area contributed by atoms with Crippen molar-refractivity contribution in [3.8, 4) is 0 Å². The summed E-state index contributed by atoms with van der Waals surface area (Å²) < 4.78 is 64.4. The predicted molar refractivity (Wildman–Crippen MR) is 75.6 cm³/mol. The highest BCUT2D eigenvalue weighted by atomic mass is 32.1. The SMILES string of the molecule is CF.CNc1cc(F)c(F)c(C2NC(=S)CCC2(F)F)c1. The van der Waals surface area contributed by atoms with E-state index in [-0.39, 0.29) is 17.1 Å². The van der Waals surface area contributed by atoms with Crippen LogP contribution in [0.5, 0.6) is 0 Å². The minimum atomic E-state index is -3.18. The molecule has 1 atom stereocenters. The highest BCUT2D eigenvalue weighted by molar-refractivity contribution is 7.80. The number of anilines is 1. The van der Waals surface area contributed by atoms with Crippen LogP contribution in [-0.2, 0) is 0 Å². The Kier molecular flexibility index (Phi) is 5.88. The fraction of sp³-hybridized carbons (Fsp3) is 0.462. The van der Waals surface area contributed by atoms with Crippen molar-refractivity contribution < 1.29 is 22.0 Å². The molecule has 1 heterocycles. The maximum atomic E-state index is 13.8. The van der Waals surface area contributed by atoms with Gasteiger partial charge in [-0.15, -0.1) is 0 Å². The van der Waals surface area contributed by atoms with Gasteiger partial charge in [-0.1, -0.05) is 12.2 Å². The molecule has 1 aliphatic rings. The van der Waals surface area contributed by atoms with E-state index in [4.69, 9.17) is 12.2 Å². The fourth-order valence-electron chi connectivity index (χ4n) is 2.03. The molecule has 2 N–H and O–H groups in total. The molecule has 0 aliphatic carbocycles. The largest absolute Gasteiger partial charge is 0.388 e. The molecule has 2 nitrogen and oxygen atoms in total. The molecular formula is C13H15F5N2S. The van der Waals surface area contributed by atoms with Gasteiger partial charge in [0.25, 0.3) is 5.92 Å².